The van der Waals surface area contributed by atoms with E-state index in [1.165, 1.54) is 6.08 Å². The Kier molecular flexibility index (Phi) is 6.91. The van der Waals surface area contributed by atoms with Gasteiger partial charge >= 0.3 is 0 Å². The molecule has 2 saturated heterocycles. The van der Waals surface area contributed by atoms with Crippen molar-refractivity contribution in [3.8, 4) is 6.07 Å². The van der Waals surface area contributed by atoms with Gasteiger partial charge in [0.2, 0.25) is 0 Å². The normalized spacial score (nSPS) is 50.4. The molecule has 0 amide bonds. The zero-order chi connectivity index (χ0) is 21.3. The van der Waals surface area contributed by atoms with Crippen molar-refractivity contribution in [3.63, 3.8) is 0 Å². The van der Waals surface area contributed by atoms with E-state index in [0.717, 1.165) is 0 Å². The lowest BCUT2D eigenvalue weighted by Crippen LogP contribution is -2.60. The summed E-state index contributed by atoms with van der Waals surface area (Å²) < 4.78 is 22.2. The summed E-state index contributed by atoms with van der Waals surface area (Å²) in [5.41, 5.74) is -1.54. The van der Waals surface area contributed by atoms with E-state index in [-0.39, 0.29) is 12.8 Å². The number of nitriles is 1. The van der Waals surface area contributed by atoms with E-state index in [1.54, 1.807) is 13.0 Å². The zero-order valence-corrected chi connectivity index (χ0v) is 15.8. The van der Waals surface area contributed by atoms with Crippen LogP contribution in [0.15, 0.2) is 12.2 Å². The number of nitrogens with zero attached hydrogens (tertiary/aromatic N) is 1. The summed E-state index contributed by atoms with van der Waals surface area (Å²) in [6, 6.07) is 1.98. The van der Waals surface area contributed by atoms with Crippen LogP contribution in [0, 0.1) is 11.3 Å². The van der Waals surface area contributed by atoms with Gasteiger partial charge in [0, 0.05) is 12.8 Å². The number of rotatable bonds is 5. The molecule has 0 bridgehead atoms. The van der Waals surface area contributed by atoms with Crippen molar-refractivity contribution in [1.82, 2.24) is 0 Å². The molecule has 0 aromatic carbocycles. The number of aliphatic hydroxyl groups is 6. The minimum atomic E-state index is -1.63. The van der Waals surface area contributed by atoms with Gasteiger partial charge in [-0.2, -0.15) is 5.26 Å². The van der Waals surface area contributed by atoms with Gasteiger partial charge in [-0.3, -0.25) is 0 Å². The van der Waals surface area contributed by atoms with Gasteiger partial charge in [-0.25, -0.2) is 0 Å². The molecule has 0 radical (unpaired) electrons. The van der Waals surface area contributed by atoms with Crippen LogP contribution in [0.2, 0.25) is 0 Å². The number of hydrogen-bond acceptors (Lipinski definition) is 11. The minimum absolute atomic E-state index is 0.0193. The smallest absolute Gasteiger partial charge is 0.189 e. The number of aliphatic hydroxyl groups excluding tert-OH is 6. The predicted molar refractivity (Wildman–Crippen MR) is 92.8 cm³/mol. The van der Waals surface area contributed by atoms with E-state index in [0.29, 0.717) is 0 Å². The Balaban J connectivity index is 1.62. The van der Waals surface area contributed by atoms with Crippen LogP contribution in [0.4, 0.5) is 0 Å². The fourth-order valence-electron chi connectivity index (χ4n) is 3.67. The fraction of sp³-hybridized carbons (Fsp3) is 0.833. The van der Waals surface area contributed by atoms with Crippen LogP contribution in [-0.4, -0.2) is 104 Å². The Morgan fingerprint density at radius 2 is 1.83 bits per heavy atom. The summed E-state index contributed by atoms with van der Waals surface area (Å²) >= 11 is 0. The Morgan fingerprint density at radius 1 is 1.10 bits per heavy atom. The number of ether oxygens (including phenoxy) is 4. The molecule has 2 fully saturated rings. The maximum absolute atomic E-state index is 10.1. The maximum Gasteiger partial charge on any atom is 0.189 e. The third-order valence-electron chi connectivity index (χ3n) is 5.45. The van der Waals surface area contributed by atoms with E-state index in [9.17, 15) is 35.9 Å². The first kappa shape index (κ1) is 22.5. The van der Waals surface area contributed by atoms with Crippen LogP contribution >= 0.6 is 0 Å². The van der Waals surface area contributed by atoms with Crippen molar-refractivity contribution in [1.29, 1.82) is 5.26 Å². The zero-order valence-electron chi connectivity index (χ0n) is 15.8. The van der Waals surface area contributed by atoms with Crippen LogP contribution in [0.3, 0.4) is 0 Å². The van der Waals surface area contributed by atoms with Gasteiger partial charge in [0.05, 0.1) is 24.9 Å². The molecule has 29 heavy (non-hydrogen) atoms. The van der Waals surface area contributed by atoms with Crippen molar-refractivity contribution >= 4 is 0 Å². The summed E-state index contributed by atoms with van der Waals surface area (Å²) in [6.45, 7) is 0.993. The summed E-state index contributed by atoms with van der Waals surface area (Å²) in [6.07, 6.45) is -8.37. The van der Waals surface area contributed by atoms with Gasteiger partial charge in [0.15, 0.2) is 18.2 Å². The third-order valence-corrected chi connectivity index (χ3v) is 5.45. The Hall–Kier alpha value is -1.17. The van der Waals surface area contributed by atoms with Crippen LogP contribution < -0.4 is 0 Å². The Labute approximate surface area is 167 Å². The Morgan fingerprint density at radius 3 is 2.45 bits per heavy atom. The van der Waals surface area contributed by atoms with Crippen molar-refractivity contribution in [2.45, 2.75) is 86.8 Å². The van der Waals surface area contributed by atoms with Gasteiger partial charge in [0.25, 0.3) is 0 Å². The van der Waals surface area contributed by atoms with Gasteiger partial charge in [-0.1, -0.05) is 6.08 Å². The molecular weight excluding hydrogens is 390 g/mol. The fourth-order valence-corrected chi connectivity index (χ4v) is 3.67. The van der Waals surface area contributed by atoms with E-state index in [2.05, 4.69) is 0 Å². The quantitative estimate of drug-likeness (QED) is 0.255. The molecule has 0 saturated carbocycles. The van der Waals surface area contributed by atoms with Crippen LogP contribution in [0.1, 0.15) is 19.8 Å². The monoisotopic (exact) mass is 417 g/mol. The molecule has 11 nitrogen and oxygen atoms in total. The third kappa shape index (κ3) is 4.62. The lowest BCUT2D eigenvalue weighted by molar-refractivity contribution is -0.317. The molecular formula is C18H27NO10. The molecule has 164 valence electrons. The van der Waals surface area contributed by atoms with E-state index in [4.69, 9.17) is 18.9 Å². The molecule has 0 aromatic heterocycles. The van der Waals surface area contributed by atoms with Gasteiger partial charge in [0.1, 0.15) is 36.6 Å². The van der Waals surface area contributed by atoms with Gasteiger partial charge in [-0.15, -0.1) is 0 Å². The largest absolute Gasteiger partial charge is 0.394 e. The average molecular weight is 417 g/mol. The molecule has 3 aliphatic rings. The topological polar surface area (TPSA) is 182 Å². The summed E-state index contributed by atoms with van der Waals surface area (Å²) in [7, 11) is 0. The van der Waals surface area contributed by atoms with Crippen molar-refractivity contribution < 1.29 is 49.6 Å². The summed E-state index contributed by atoms with van der Waals surface area (Å²) in [4.78, 5) is 0. The van der Waals surface area contributed by atoms with Crippen LogP contribution in [0.5, 0.6) is 0 Å². The van der Waals surface area contributed by atoms with Crippen molar-refractivity contribution in [3.05, 3.63) is 12.2 Å². The Bertz CT molecular complexity index is 627. The summed E-state index contributed by atoms with van der Waals surface area (Å²) in [5.74, 6) is 0. The predicted octanol–water partition coefficient (Wildman–Crippen LogP) is -2.73. The maximum atomic E-state index is 10.1. The lowest BCUT2D eigenvalue weighted by Gasteiger charge is -2.41. The first-order valence-corrected chi connectivity index (χ1v) is 9.45. The highest BCUT2D eigenvalue weighted by Gasteiger charge is 2.49. The first-order chi connectivity index (χ1) is 13.7. The molecule has 2 aliphatic heterocycles. The molecule has 0 spiro atoms. The van der Waals surface area contributed by atoms with Gasteiger partial charge < -0.3 is 49.6 Å². The highest BCUT2D eigenvalue weighted by atomic mass is 16.7. The van der Waals surface area contributed by atoms with Crippen LogP contribution in [0.25, 0.3) is 0 Å². The molecule has 11 unspecified atom stereocenters. The number of hydrogen-bond donors (Lipinski definition) is 6. The SMILES string of the molecule is CC1OC(OC2C=CC(C#N)(OC3OC(CO)C(O)C(O)C3O)C2)CC(O)C1O. The van der Waals surface area contributed by atoms with Gasteiger partial charge in [-0.05, 0) is 13.0 Å². The standard InChI is InChI=1S/C18H27NO10/c1-8-13(22)10(21)4-12(26-8)27-9-2-3-18(5-9,7-19)29-17-16(25)15(24)14(23)11(6-20)28-17/h2-3,8-17,20-25H,4-6H2,1H3. The minimum Gasteiger partial charge on any atom is -0.394 e. The molecule has 0 aromatic rings. The van der Waals surface area contributed by atoms with Crippen molar-refractivity contribution in [2.75, 3.05) is 6.61 Å². The highest BCUT2D eigenvalue weighted by molar-refractivity contribution is 5.24. The molecule has 1 aliphatic carbocycles. The van der Waals surface area contributed by atoms with E-state index in [1.807, 2.05) is 6.07 Å². The average Bonchev–Trinajstić information content (AvgIpc) is 3.09. The molecule has 11 atom stereocenters. The molecule has 6 N–H and O–H groups in total. The molecule has 3 rings (SSSR count). The van der Waals surface area contributed by atoms with E-state index >= 15 is 0 Å². The second kappa shape index (κ2) is 8.91. The molecule has 2 heterocycles. The van der Waals surface area contributed by atoms with E-state index < -0.39 is 73.6 Å². The molecule has 11 heteroatoms. The highest BCUT2D eigenvalue weighted by Crippen LogP contribution is 2.34. The van der Waals surface area contributed by atoms with Crippen LogP contribution in [-0.2, 0) is 18.9 Å². The second-order valence-corrected chi connectivity index (χ2v) is 7.62. The lowest BCUT2D eigenvalue weighted by atomic mass is 9.98. The van der Waals surface area contributed by atoms with Crippen molar-refractivity contribution in [2.24, 2.45) is 0 Å². The first-order valence-electron chi connectivity index (χ1n) is 9.45. The second-order valence-electron chi connectivity index (χ2n) is 7.62. The summed E-state index contributed by atoms with van der Waals surface area (Å²) in [5, 5.41) is 68.3.